The molecule has 0 aromatic carbocycles. The van der Waals surface area contributed by atoms with E-state index in [9.17, 15) is 0 Å². The third-order valence-electron chi connectivity index (χ3n) is 4.03. The van der Waals surface area contributed by atoms with Crippen molar-refractivity contribution in [3.05, 3.63) is 0 Å². The lowest BCUT2D eigenvalue weighted by molar-refractivity contribution is 0.0132. The van der Waals surface area contributed by atoms with Gasteiger partial charge in [-0.2, -0.15) is 0 Å². The molecule has 140 valence electrons. The summed E-state index contributed by atoms with van der Waals surface area (Å²) in [5.41, 5.74) is 0. The van der Waals surface area contributed by atoms with Crippen molar-refractivity contribution < 1.29 is 14.2 Å². The van der Waals surface area contributed by atoms with Crippen molar-refractivity contribution in [2.45, 2.75) is 90.9 Å². The first-order chi connectivity index (χ1) is 11.4. The van der Waals surface area contributed by atoms with Gasteiger partial charge in [0.1, 0.15) is 0 Å². The van der Waals surface area contributed by atoms with E-state index in [1.165, 1.54) is 77.0 Å². The molecule has 0 rings (SSSR count). The predicted molar refractivity (Wildman–Crippen MR) is 99.2 cm³/mol. The van der Waals surface area contributed by atoms with E-state index >= 15 is 0 Å². The Balaban J connectivity index is 2.92. The van der Waals surface area contributed by atoms with Crippen LogP contribution in [-0.2, 0) is 14.2 Å². The van der Waals surface area contributed by atoms with E-state index in [0.29, 0.717) is 26.4 Å². The summed E-state index contributed by atoms with van der Waals surface area (Å²) in [7, 11) is 0. The van der Waals surface area contributed by atoms with Gasteiger partial charge in [-0.3, -0.25) is 0 Å². The van der Waals surface area contributed by atoms with Gasteiger partial charge in [-0.15, -0.1) is 0 Å². The van der Waals surface area contributed by atoms with E-state index in [1.54, 1.807) is 0 Å². The molecule has 0 aromatic rings. The van der Waals surface area contributed by atoms with Gasteiger partial charge in [0.2, 0.25) is 0 Å². The molecule has 0 saturated carbocycles. The van der Waals surface area contributed by atoms with Crippen molar-refractivity contribution in [2.24, 2.45) is 0 Å². The van der Waals surface area contributed by atoms with Crippen LogP contribution in [-0.4, -0.2) is 39.6 Å². The van der Waals surface area contributed by atoms with Gasteiger partial charge in [-0.1, -0.05) is 78.1 Å². The first-order valence-electron chi connectivity index (χ1n) is 10.1. The largest absolute Gasteiger partial charge is 0.379 e. The third kappa shape index (κ3) is 21.9. The predicted octanol–water partition coefficient (Wildman–Crippen LogP) is 5.76. The Labute approximate surface area is 145 Å². The average Bonchev–Trinajstić information content (AvgIpc) is 2.57. The van der Waals surface area contributed by atoms with Crippen molar-refractivity contribution in [2.75, 3.05) is 39.6 Å². The van der Waals surface area contributed by atoms with Crippen LogP contribution in [0.2, 0.25) is 0 Å². The molecular weight excluding hydrogens is 288 g/mol. The molecule has 0 aliphatic rings. The van der Waals surface area contributed by atoms with E-state index in [4.69, 9.17) is 14.2 Å². The van der Waals surface area contributed by atoms with Crippen LogP contribution in [0.5, 0.6) is 0 Å². The summed E-state index contributed by atoms with van der Waals surface area (Å²) in [5, 5.41) is 0. The normalized spacial score (nSPS) is 11.2. The number of rotatable bonds is 20. The molecule has 0 bridgehead atoms. The summed E-state index contributed by atoms with van der Waals surface area (Å²) < 4.78 is 16.6. The summed E-state index contributed by atoms with van der Waals surface area (Å²) in [5.74, 6) is 0. The summed E-state index contributed by atoms with van der Waals surface area (Å²) in [6.45, 7) is 9.06. The molecule has 0 heterocycles. The fourth-order valence-electron chi connectivity index (χ4n) is 2.51. The molecule has 0 spiro atoms. The van der Waals surface area contributed by atoms with Crippen LogP contribution >= 0.6 is 0 Å². The van der Waals surface area contributed by atoms with Crippen LogP contribution in [0.15, 0.2) is 0 Å². The van der Waals surface area contributed by atoms with Crippen LogP contribution in [0.25, 0.3) is 0 Å². The molecule has 0 fully saturated rings. The highest BCUT2D eigenvalue weighted by Crippen LogP contribution is 2.08. The zero-order chi connectivity index (χ0) is 16.8. The van der Waals surface area contributed by atoms with E-state index in [2.05, 4.69) is 13.8 Å². The van der Waals surface area contributed by atoms with Gasteiger partial charge in [0.25, 0.3) is 0 Å². The minimum atomic E-state index is 0.689. The fourth-order valence-corrected chi connectivity index (χ4v) is 2.51. The monoisotopic (exact) mass is 330 g/mol. The van der Waals surface area contributed by atoms with Gasteiger partial charge >= 0.3 is 0 Å². The van der Waals surface area contributed by atoms with E-state index < -0.39 is 0 Å². The summed E-state index contributed by atoms with van der Waals surface area (Å²) in [4.78, 5) is 0. The van der Waals surface area contributed by atoms with Gasteiger partial charge in [-0.05, 0) is 12.8 Å². The highest BCUT2D eigenvalue weighted by Gasteiger charge is 1.94. The molecule has 0 atom stereocenters. The number of unbranched alkanes of at least 4 members (excludes halogenated alkanes) is 10. The average molecular weight is 331 g/mol. The maximum atomic E-state index is 5.58. The number of hydrogen-bond acceptors (Lipinski definition) is 3. The molecule has 3 heteroatoms. The van der Waals surface area contributed by atoms with Crippen molar-refractivity contribution in [3.8, 4) is 0 Å². The lowest BCUT2D eigenvalue weighted by Crippen LogP contribution is -2.10. The van der Waals surface area contributed by atoms with E-state index in [1.807, 2.05) is 0 Å². The summed E-state index contributed by atoms with van der Waals surface area (Å²) >= 11 is 0. The van der Waals surface area contributed by atoms with Crippen LogP contribution in [0.4, 0.5) is 0 Å². The summed E-state index contributed by atoms with van der Waals surface area (Å²) in [6, 6.07) is 0. The number of hydrogen-bond donors (Lipinski definition) is 0. The van der Waals surface area contributed by atoms with Crippen molar-refractivity contribution in [3.63, 3.8) is 0 Å². The Bertz CT molecular complexity index is 177. The maximum Gasteiger partial charge on any atom is 0.0701 e. The molecule has 0 saturated heterocycles. The molecule has 0 aromatic heterocycles. The molecule has 0 radical (unpaired) electrons. The van der Waals surface area contributed by atoms with Gasteiger partial charge in [0.05, 0.1) is 26.4 Å². The van der Waals surface area contributed by atoms with E-state index in [-0.39, 0.29) is 0 Å². The minimum Gasteiger partial charge on any atom is -0.379 e. The highest BCUT2D eigenvalue weighted by molar-refractivity contribution is 4.46. The van der Waals surface area contributed by atoms with E-state index in [0.717, 1.165) is 13.2 Å². The number of ether oxygens (including phenoxy) is 3. The Hall–Kier alpha value is -0.120. The standard InChI is InChI=1S/C20H42O3/c1-3-5-7-9-10-11-12-14-16-22-18-20-23-19-17-21-15-13-8-6-4-2/h3-20H2,1-2H3. The lowest BCUT2D eigenvalue weighted by Gasteiger charge is -2.07. The Morgan fingerprint density at radius 1 is 0.348 bits per heavy atom. The molecule has 0 N–H and O–H groups in total. The molecule has 3 nitrogen and oxygen atoms in total. The van der Waals surface area contributed by atoms with Gasteiger partial charge < -0.3 is 14.2 Å². The second-order valence-corrected chi connectivity index (χ2v) is 6.37. The topological polar surface area (TPSA) is 27.7 Å². The fraction of sp³-hybridized carbons (Fsp3) is 1.00. The lowest BCUT2D eigenvalue weighted by atomic mass is 10.1. The smallest absolute Gasteiger partial charge is 0.0701 e. The second kappa shape index (κ2) is 21.9. The Kier molecular flexibility index (Phi) is 21.8. The van der Waals surface area contributed by atoms with Crippen LogP contribution in [0, 0.1) is 0 Å². The molecule has 0 amide bonds. The SMILES string of the molecule is CCCCCCCCCCOCCOCCOCCCCCC. The molecule has 0 unspecified atom stereocenters. The quantitative estimate of drug-likeness (QED) is 0.266. The van der Waals surface area contributed by atoms with Crippen molar-refractivity contribution in [1.82, 2.24) is 0 Å². The molecule has 23 heavy (non-hydrogen) atoms. The van der Waals surface area contributed by atoms with Gasteiger partial charge in [0, 0.05) is 13.2 Å². The first kappa shape index (κ1) is 22.9. The second-order valence-electron chi connectivity index (χ2n) is 6.37. The van der Waals surface area contributed by atoms with Crippen molar-refractivity contribution in [1.29, 1.82) is 0 Å². The third-order valence-corrected chi connectivity index (χ3v) is 4.03. The Morgan fingerprint density at radius 2 is 0.652 bits per heavy atom. The van der Waals surface area contributed by atoms with Crippen LogP contribution < -0.4 is 0 Å². The molecule has 0 aliphatic heterocycles. The van der Waals surface area contributed by atoms with Crippen LogP contribution in [0.1, 0.15) is 90.9 Å². The molecular formula is C20H42O3. The van der Waals surface area contributed by atoms with Gasteiger partial charge in [0.15, 0.2) is 0 Å². The first-order valence-corrected chi connectivity index (χ1v) is 10.1. The van der Waals surface area contributed by atoms with Crippen LogP contribution in [0.3, 0.4) is 0 Å². The maximum absolute atomic E-state index is 5.58. The summed E-state index contributed by atoms with van der Waals surface area (Å²) in [6.07, 6.45) is 15.8. The van der Waals surface area contributed by atoms with Gasteiger partial charge in [-0.25, -0.2) is 0 Å². The van der Waals surface area contributed by atoms with Crippen molar-refractivity contribution >= 4 is 0 Å². The minimum absolute atomic E-state index is 0.689. The zero-order valence-electron chi connectivity index (χ0n) is 16.0. The Morgan fingerprint density at radius 3 is 1.09 bits per heavy atom. The molecule has 0 aliphatic carbocycles. The highest BCUT2D eigenvalue weighted by atomic mass is 16.5. The zero-order valence-corrected chi connectivity index (χ0v) is 16.0.